The Morgan fingerprint density at radius 1 is 1.18 bits per heavy atom. The van der Waals surface area contributed by atoms with Gasteiger partial charge in [-0.05, 0) is 25.3 Å². The number of piperidine rings is 1. The van der Waals surface area contributed by atoms with Crippen LogP contribution in [0.3, 0.4) is 0 Å². The van der Waals surface area contributed by atoms with Gasteiger partial charge in [-0.15, -0.1) is 13.2 Å². The van der Waals surface area contributed by atoms with Crippen molar-refractivity contribution in [3.8, 4) is 5.75 Å². The number of hydrogen-bond donors (Lipinski definition) is 3. The first-order valence-electron chi connectivity index (χ1n) is 10.7. The maximum absolute atomic E-state index is 14.2. The predicted molar refractivity (Wildman–Crippen MR) is 107 cm³/mol. The number of nitrogens with zero attached hydrogens (tertiary/aromatic N) is 2. The molecule has 0 radical (unpaired) electrons. The zero-order valence-electron chi connectivity index (χ0n) is 17.9. The van der Waals surface area contributed by atoms with Gasteiger partial charge in [-0.2, -0.15) is 0 Å². The Kier molecular flexibility index (Phi) is 8.01. The van der Waals surface area contributed by atoms with Crippen molar-refractivity contribution in [2.75, 3.05) is 26.3 Å². The summed E-state index contributed by atoms with van der Waals surface area (Å²) in [4.78, 5) is 28.4. The summed E-state index contributed by atoms with van der Waals surface area (Å²) in [5.74, 6) is -2.13. The molecule has 0 bridgehead atoms. The smallest absolute Gasteiger partial charge is 0.406 e. The summed E-state index contributed by atoms with van der Waals surface area (Å²) in [6, 6.07) is 1.79. The van der Waals surface area contributed by atoms with Crippen LogP contribution in [0.1, 0.15) is 31.2 Å². The van der Waals surface area contributed by atoms with Crippen LogP contribution < -0.4 is 10.1 Å². The van der Waals surface area contributed by atoms with E-state index < -0.39 is 24.0 Å². The minimum Gasteiger partial charge on any atom is -0.406 e. The number of urea groups is 1. The largest absolute Gasteiger partial charge is 0.573 e. The van der Waals surface area contributed by atoms with Crippen LogP contribution in [0.4, 0.5) is 22.4 Å². The summed E-state index contributed by atoms with van der Waals surface area (Å²) in [5, 5.41) is 21.3. The normalized spacial score (nSPS) is 21.0. The minimum atomic E-state index is -4.94. The molecule has 184 valence electrons. The summed E-state index contributed by atoms with van der Waals surface area (Å²) in [6.07, 6.45) is -2.95. The highest BCUT2D eigenvalue weighted by molar-refractivity contribution is 5.77. The van der Waals surface area contributed by atoms with Crippen molar-refractivity contribution in [3.63, 3.8) is 0 Å². The van der Waals surface area contributed by atoms with E-state index in [2.05, 4.69) is 10.1 Å². The minimum absolute atomic E-state index is 0.00903. The number of alkyl halides is 3. The van der Waals surface area contributed by atoms with E-state index in [0.717, 1.165) is 25.0 Å². The lowest BCUT2D eigenvalue weighted by atomic mass is 9.93. The lowest BCUT2D eigenvalue weighted by Crippen LogP contribution is -2.57. The molecule has 0 spiro atoms. The van der Waals surface area contributed by atoms with Crippen molar-refractivity contribution < 1.29 is 42.1 Å². The molecule has 1 aliphatic heterocycles. The fraction of sp³-hybridized carbons (Fsp3) is 0.619. The molecule has 1 saturated carbocycles. The van der Waals surface area contributed by atoms with E-state index in [1.54, 1.807) is 4.90 Å². The SMILES string of the molecule is O=C(CCO)N1C[C@@H](CO)C[C@@H](N(C(=O)NCc2ccc(OC(F)(F)F)cc2F)C2CC2)C1. The molecular formula is C21H27F4N3O5. The zero-order chi connectivity index (χ0) is 24.2. The topological polar surface area (TPSA) is 102 Å². The van der Waals surface area contributed by atoms with Gasteiger partial charge in [0.25, 0.3) is 0 Å². The number of benzene rings is 1. The van der Waals surface area contributed by atoms with Gasteiger partial charge in [0.15, 0.2) is 0 Å². The highest BCUT2D eigenvalue weighted by Gasteiger charge is 2.41. The van der Waals surface area contributed by atoms with Crippen LogP contribution in [0.15, 0.2) is 18.2 Å². The number of ether oxygens (including phenoxy) is 1. The molecule has 3 rings (SSSR count). The summed E-state index contributed by atoms with van der Waals surface area (Å²) in [5.41, 5.74) is -0.00903. The van der Waals surface area contributed by atoms with E-state index in [1.165, 1.54) is 4.90 Å². The average molecular weight is 477 g/mol. The second-order valence-electron chi connectivity index (χ2n) is 8.31. The van der Waals surface area contributed by atoms with Gasteiger partial charge in [0, 0.05) is 56.3 Å². The molecule has 3 amide bonds. The summed E-state index contributed by atoms with van der Waals surface area (Å²) in [7, 11) is 0. The second kappa shape index (κ2) is 10.6. The van der Waals surface area contributed by atoms with Gasteiger partial charge in [-0.3, -0.25) is 4.79 Å². The van der Waals surface area contributed by atoms with Gasteiger partial charge in [0.1, 0.15) is 11.6 Å². The van der Waals surface area contributed by atoms with E-state index >= 15 is 0 Å². The van der Waals surface area contributed by atoms with Gasteiger partial charge >= 0.3 is 12.4 Å². The van der Waals surface area contributed by atoms with Crippen LogP contribution in [0.2, 0.25) is 0 Å². The third-order valence-electron chi connectivity index (χ3n) is 5.71. The molecule has 2 atom stereocenters. The van der Waals surface area contributed by atoms with E-state index in [-0.39, 0.29) is 62.2 Å². The average Bonchev–Trinajstić information content (AvgIpc) is 3.57. The molecule has 12 heteroatoms. The molecule has 1 aromatic rings. The number of rotatable bonds is 8. The van der Waals surface area contributed by atoms with Crippen LogP contribution >= 0.6 is 0 Å². The van der Waals surface area contributed by atoms with Gasteiger partial charge in [0.2, 0.25) is 5.91 Å². The van der Waals surface area contributed by atoms with Gasteiger partial charge in [-0.1, -0.05) is 6.07 Å². The van der Waals surface area contributed by atoms with Gasteiger partial charge in [0.05, 0.1) is 12.6 Å². The molecule has 1 aromatic carbocycles. The van der Waals surface area contributed by atoms with Crippen molar-refractivity contribution >= 4 is 11.9 Å². The monoisotopic (exact) mass is 477 g/mol. The molecule has 33 heavy (non-hydrogen) atoms. The number of carbonyl (C=O) groups excluding carboxylic acids is 2. The Morgan fingerprint density at radius 2 is 1.91 bits per heavy atom. The highest BCUT2D eigenvalue weighted by atomic mass is 19.4. The number of halogens is 4. The third kappa shape index (κ3) is 6.94. The molecule has 0 aromatic heterocycles. The molecule has 8 nitrogen and oxygen atoms in total. The number of aliphatic hydroxyl groups is 2. The van der Waals surface area contributed by atoms with Crippen LogP contribution in [-0.4, -0.2) is 76.7 Å². The van der Waals surface area contributed by atoms with Gasteiger partial charge < -0.3 is 30.1 Å². The molecule has 2 aliphatic rings. The first-order valence-corrected chi connectivity index (χ1v) is 10.7. The van der Waals surface area contributed by atoms with Crippen LogP contribution in [0.5, 0.6) is 5.75 Å². The maximum Gasteiger partial charge on any atom is 0.573 e. The summed E-state index contributed by atoms with van der Waals surface area (Å²) >= 11 is 0. The highest BCUT2D eigenvalue weighted by Crippen LogP contribution is 2.33. The first kappa shape index (κ1) is 25.0. The van der Waals surface area contributed by atoms with E-state index in [1.807, 2.05) is 0 Å². The fourth-order valence-corrected chi connectivity index (χ4v) is 4.08. The standard InChI is InChI=1S/C21H27F4N3O5/c22-18-8-17(33-21(23,24)25)4-1-14(18)9-26-20(32)28(15-2-3-15)16-7-13(12-30)10-27(11-16)19(31)5-6-29/h1,4,8,13,15-16,29-30H,2-3,5-7,9-12H2,(H,26,32)/t13-,16+/m0/s1. The Bertz CT molecular complexity index is 850. The Balaban J connectivity index is 1.66. The lowest BCUT2D eigenvalue weighted by Gasteiger charge is -2.42. The third-order valence-corrected chi connectivity index (χ3v) is 5.71. The van der Waals surface area contributed by atoms with Crippen molar-refractivity contribution in [1.82, 2.24) is 15.1 Å². The molecule has 0 unspecified atom stereocenters. The molecule has 3 N–H and O–H groups in total. The van der Waals surface area contributed by atoms with Crippen LogP contribution in [0.25, 0.3) is 0 Å². The van der Waals surface area contributed by atoms with Gasteiger partial charge in [-0.25, -0.2) is 9.18 Å². The number of amides is 3. The summed E-state index contributed by atoms with van der Waals surface area (Å²) < 4.78 is 54.8. The Hall–Kier alpha value is -2.60. The van der Waals surface area contributed by atoms with Crippen LogP contribution in [-0.2, 0) is 11.3 Å². The molecule has 1 saturated heterocycles. The maximum atomic E-state index is 14.2. The lowest BCUT2D eigenvalue weighted by molar-refractivity contribution is -0.274. The number of nitrogens with one attached hydrogen (secondary N) is 1. The zero-order valence-corrected chi connectivity index (χ0v) is 17.9. The van der Waals surface area contributed by atoms with Crippen molar-refractivity contribution in [2.45, 2.75) is 50.7 Å². The second-order valence-corrected chi connectivity index (χ2v) is 8.31. The molecular weight excluding hydrogens is 450 g/mol. The quantitative estimate of drug-likeness (QED) is 0.497. The predicted octanol–water partition coefficient (Wildman–Crippen LogP) is 1.99. The van der Waals surface area contributed by atoms with E-state index in [9.17, 15) is 32.3 Å². The van der Waals surface area contributed by atoms with E-state index in [0.29, 0.717) is 19.0 Å². The molecule has 2 fully saturated rings. The Morgan fingerprint density at radius 3 is 2.48 bits per heavy atom. The first-order chi connectivity index (χ1) is 15.6. The van der Waals surface area contributed by atoms with Crippen molar-refractivity contribution in [3.05, 3.63) is 29.6 Å². The van der Waals surface area contributed by atoms with E-state index in [4.69, 9.17) is 5.11 Å². The van der Waals surface area contributed by atoms with Crippen LogP contribution in [0, 0.1) is 11.7 Å². The summed E-state index contributed by atoms with van der Waals surface area (Å²) in [6.45, 7) is -0.101. The van der Waals surface area contributed by atoms with Crippen molar-refractivity contribution in [2.24, 2.45) is 5.92 Å². The number of likely N-dealkylation sites (tertiary alicyclic amines) is 1. The fourth-order valence-electron chi connectivity index (χ4n) is 4.08. The molecule has 1 heterocycles. The number of aliphatic hydroxyl groups excluding tert-OH is 2. The molecule has 1 aliphatic carbocycles. The number of hydrogen-bond acceptors (Lipinski definition) is 5. The number of carbonyl (C=O) groups is 2. The Labute approximate surface area is 188 Å². The van der Waals surface area contributed by atoms with Crippen molar-refractivity contribution in [1.29, 1.82) is 0 Å².